The number of halogens is 1. The molecule has 0 aromatic heterocycles. The molecular weight excluding hydrogens is 275 g/mol. The maximum absolute atomic E-state index is 5.59. The highest BCUT2D eigenvalue weighted by atomic mass is 127. The Morgan fingerprint density at radius 3 is 3.00 bits per heavy atom. The van der Waals surface area contributed by atoms with E-state index < -0.39 is 0 Å². The van der Waals surface area contributed by atoms with E-state index in [9.17, 15) is 0 Å². The average molecular weight is 290 g/mol. The van der Waals surface area contributed by atoms with Gasteiger partial charge in [0.05, 0.1) is 0 Å². The molecule has 2 heteroatoms. The highest BCUT2D eigenvalue weighted by Crippen LogP contribution is 2.28. The van der Waals surface area contributed by atoms with Gasteiger partial charge in [-0.1, -0.05) is 19.6 Å². The first kappa shape index (κ1) is 10.8. The minimum Gasteiger partial charge on any atom is -0.489 e. The first-order chi connectivity index (χ1) is 6.09. The minimum atomic E-state index is 0.626. The molecule has 1 atom stereocenters. The summed E-state index contributed by atoms with van der Waals surface area (Å²) >= 11 is 2.35. The van der Waals surface area contributed by atoms with Gasteiger partial charge in [0.1, 0.15) is 12.4 Å². The van der Waals surface area contributed by atoms with E-state index in [0.29, 0.717) is 12.5 Å². The summed E-state index contributed by atoms with van der Waals surface area (Å²) in [5.41, 5.74) is 1.06. The maximum atomic E-state index is 5.59. The van der Waals surface area contributed by atoms with Crippen molar-refractivity contribution in [3.05, 3.63) is 33.6 Å². The molecule has 1 nitrogen and oxygen atoms in total. The molecule has 0 saturated carbocycles. The molecule has 1 aliphatic carbocycles. The summed E-state index contributed by atoms with van der Waals surface area (Å²) in [6.45, 7) is 8.62. The Morgan fingerprint density at radius 2 is 2.46 bits per heavy atom. The summed E-state index contributed by atoms with van der Waals surface area (Å²) in [5, 5.41) is 0. The van der Waals surface area contributed by atoms with Crippen LogP contribution in [0.1, 0.15) is 20.3 Å². The lowest BCUT2D eigenvalue weighted by Crippen LogP contribution is -2.02. The lowest BCUT2D eigenvalue weighted by Gasteiger charge is -2.16. The van der Waals surface area contributed by atoms with Crippen molar-refractivity contribution < 1.29 is 4.74 Å². The molecule has 1 aliphatic rings. The second-order valence-corrected chi connectivity index (χ2v) is 4.86. The third-order valence-corrected chi connectivity index (χ3v) is 2.79. The fourth-order valence-electron chi connectivity index (χ4n) is 1.12. The van der Waals surface area contributed by atoms with Crippen molar-refractivity contribution in [2.45, 2.75) is 20.3 Å². The summed E-state index contributed by atoms with van der Waals surface area (Å²) in [5.74, 6) is 1.66. The Labute approximate surface area is 93.7 Å². The molecule has 0 N–H and O–H groups in total. The van der Waals surface area contributed by atoms with Crippen molar-refractivity contribution in [3.8, 4) is 0 Å². The van der Waals surface area contributed by atoms with E-state index in [4.69, 9.17) is 4.74 Å². The Hall–Kier alpha value is -0.250. The van der Waals surface area contributed by atoms with Crippen LogP contribution in [0.15, 0.2) is 33.6 Å². The zero-order chi connectivity index (χ0) is 9.84. The van der Waals surface area contributed by atoms with Gasteiger partial charge in [-0.15, -0.1) is 0 Å². The highest BCUT2D eigenvalue weighted by Gasteiger charge is 2.11. The molecule has 13 heavy (non-hydrogen) atoms. The fourth-order valence-corrected chi connectivity index (χ4v) is 2.15. The van der Waals surface area contributed by atoms with Gasteiger partial charge in [-0.2, -0.15) is 0 Å². The van der Waals surface area contributed by atoms with Crippen molar-refractivity contribution in [1.82, 2.24) is 0 Å². The third-order valence-electron chi connectivity index (χ3n) is 1.82. The average Bonchev–Trinajstić information content (AvgIpc) is 2.02. The van der Waals surface area contributed by atoms with Gasteiger partial charge in [0, 0.05) is 3.58 Å². The molecule has 1 unspecified atom stereocenters. The van der Waals surface area contributed by atoms with E-state index in [1.165, 1.54) is 3.58 Å². The molecule has 0 heterocycles. The molecule has 0 radical (unpaired) electrons. The predicted molar refractivity (Wildman–Crippen MR) is 64.7 cm³/mol. The third kappa shape index (κ3) is 3.55. The van der Waals surface area contributed by atoms with Crippen LogP contribution in [-0.2, 0) is 4.74 Å². The number of rotatable bonds is 3. The van der Waals surface area contributed by atoms with Crippen LogP contribution in [0, 0.1) is 5.92 Å². The molecule has 0 bridgehead atoms. The fraction of sp³-hybridized carbons (Fsp3) is 0.455. The molecule has 0 spiro atoms. The van der Waals surface area contributed by atoms with E-state index in [1.54, 1.807) is 0 Å². The smallest absolute Gasteiger partial charge is 0.128 e. The molecular formula is C11H15IO. The quantitative estimate of drug-likeness (QED) is 0.567. The Balaban J connectivity index is 2.54. The van der Waals surface area contributed by atoms with E-state index in [1.807, 2.05) is 6.92 Å². The van der Waals surface area contributed by atoms with Crippen LogP contribution >= 0.6 is 22.6 Å². The van der Waals surface area contributed by atoms with Gasteiger partial charge in [0.2, 0.25) is 0 Å². The van der Waals surface area contributed by atoms with Crippen LogP contribution < -0.4 is 0 Å². The molecule has 1 rings (SSSR count). The standard InChI is InChI=1S/C11H15IO/c1-8(2)7-13-11-5-4-9(3)6-10(11)12/h4-5,9H,1,6-7H2,2-3H3. The van der Waals surface area contributed by atoms with Gasteiger partial charge >= 0.3 is 0 Å². The van der Waals surface area contributed by atoms with Crippen molar-refractivity contribution in [2.24, 2.45) is 5.92 Å². The summed E-state index contributed by atoms with van der Waals surface area (Å²) in [7, 11) is 0. The number of hydrogen-bond acceptors (Lipinski definition) is 1. The summed E-state index contributed by atoms with van der Waals surface area (Å²) in [4.78, 5) is 0. The first-order valence-corrected chi connectivity index (χ1v) is 5.51. The van der Waals surface area contributed by atoms with Crippen LogP contribution in [0.25, 0.3) is 0 Å². The SMILES string of the molecule is C=C(C)COC1=C(I)CC(C)C=C1. The van der Waals surface area contributed by atoms with Gasteiger partial charge in [-0.3, -0.25) is 0 Å². The normalized spacial score (nSPS) is 21.9. The largest absolute Gasteiger partial charge is 0.489 e. The Morgan fingerprint density at radius 1 is 1.77 bits per heavy atom. The number of allylic oxidation sites excluding steroid dienone is 3. The van der Waals surface area contributed by atoms with E-state index in [0.717, 1.165) is 17.8 Å². The molecule has 0 fully saturated rings. The summed E-state index contributed by atoms with van der Waals surface area (Å²) < 4.78 is 6.90. The van der Waals surface area contributed by atoms with Crippen LogP contribution in [0.2, 0.25) is 0 Å². The van der Waals surface area contributed by atoms with Gasteiger partial charge in [-0.05, 0) is 53.5 Å². The van der Waals surface area contributed by atoms with Gasteiger partial charge < -0.3 is 4.74 Å². The molecule has 0 aliphatic heterocycles. The Bertz CT molecular complexity index is 263. The topological polar surface area (TPSA) is 9.23 Å². The maximum Gasteiger partial charge on any atom is 0.128 e. The van der Waals surface area contributed by atoms with Crippen LogP contribution in [0.5, 0.6) is 0 Å². The van der Waals surface area contributed by atoms with Crippen LogP contribution in [0.4, 0.5) is 0 Å². The molecule has 0 saturated heterocycles. The van der Waals surface area contributed by atoms with Gasteiger partial charge in [-0.25, -0.2) is 0 Å². The second kappa shape index (κ2) is 4.84. The van der Waals surface area contributed by atoms with Crippen molar-refractivity contribution in [2.75, 3.05) is 6.61 Å². The summed E-state index contributed by atoms with van der Waals surface area (Å²) in [6.07, 6.45) is 5.36. The van der Waals surface area contributed by atoms with Crippen molar-refractivity contribution in [3.63, 3.8) is 0 Å². The predicted octanol–water partition coefficient (Wildman–Crippen LogP) is 3.82. The van der Waals surface area contributed by atoms with E-state index >= 15 is 0 Å². The van der Waals surface area contributed by atoms with Crippen LogP contribution in [0.3, 0.4) is 0 Å². The molecule has 0 amide bonds. The van der Waals surface area contributed by atoms with Crippen LogP contribution in [-0.4, -0.2) is 6.61 Å². The van der Waals surface area contributed by atoms with Crippen molar-refractivity contribution in [1.29, 1.82) is 0 Å². The Kier molecular flexibility index (Phi) is 4.03. The van der Waals surface area contributed by atoms with Crippen molar-refractivity contribution >= 4 is 22.6 Å². The first-order valence-electron chi connectivity index (χ1n) is 4.43. The zero-order valence-electron chi connectivity index (χ0n) is 8.14. The van der Waals surface area contributed by atoms with E-state index in [2.05, 4.69) is 48.2 Å². The monoisotopic (exact) mass is 290 g/mol. The summed E-state index contributed by atoms with van der Waals surface area (Å²) in [6, 6.07) is 0. The molecule has 72 valence electrons. The number of ether oxygens (including phenoxy) is 1. The zero-order valence-corrected chi connectivity index (χ0v) is 10.3. The van der Waals surface area contributed by atoms with Gasteiger partial charge in [0.15, 0.2) is 0 Å². The number of hydrogen-bond donors (Lipinski definition) is 0. The highest BCUT2D eigenvalue weighted by molar-refractivity contribution is 14.1. The van der Waals surface area contributed by atoms with Gasteiger partial charge in [0.25, 0.3) is 0 Å². The molecule has 0 aromatic rings. The second-order valence-electron chi connectivity index (χ2n) is 3.56. The van der Waals surface area contributed by atoms with E-state index in [-0.39, 0.29) is 0 Å². The lowest BCUT2D eigenvalue weighted by atomic mass is 10.0. The lowest BCUT2D eigenvalue weighted by molar-refractivity contribution is 0.249. The minimum absolute atomic E-state index is 0.626. The molecule has 0 aromatic carbocycles.